The van der Waals surface area contributed by atoms with Crippen LogP contribution in [0.3, 0.4) is 0 Å². The minimum absolute atomic E-state index is 0.263. The van der Waals surface area contributed by atoms with Gasteiger partial charge in [0, 0.05) is 10.0 Å². The number of anilines is 4. The van der Waals surface area contributed by atoms with Crippen molar-refractivity contribution in [2.24, 2.45) is 0 Å². The van der Waals surface area contributed by atoms with Gasteiger partial charge in [0.05, 0.1) is 10.2 Å². The molecular formula is C19H16BrN7OS. The van der Waals surface area contributed by atoms with Crippen LogP contribution < -0.4 is 21.9 Å². The first kappa shape index (κ1) is 19.1. The Hall–Kier alpha value is -3.24. The fourth-order valence-corrected chi connectivity index (χ4v) is 3.80. The largest absolute Gasteiger partial charge is 0.393 e. The number of amides is 1. The minimum Gasteiger partial charge on any atom is -0.393 e. The van der Waals surface area contributed by atoms with Gasteiger partial charge in [0.2, 0.25) is 0 Å². The summed E-state index contributed by atoms with van der Waals surface area (Å²) in [6.07, 6.45) is 1.35. The van der Waals surface area contributed by atoms with Gasteiger partial charge in [0.25, 0.3) is 5.91 Å². The molecule has 0 saturated heterocycles. The molecule has 4 rings (SSSR count). The Morgan fingerprint density at radius 2 is 1.86 bits per heavy atom. The zero-order chi connectivity index (χ0) is 20.4. The number of hydrogen-bond acceptors (Lipinski definition) is 8. The zero-order valence-corrected chi connectivity index (χ0v) is 17.6. The number of hydrogen-bond donors (Lipinski definition) is 4. The van der Waals surface area contributed by atoms with Gasteiger partial charge >= 0.3 is 0 Å². The second-order valence-electron chi connectivity index (χ2n) is 6.19. The predicted molar refractivity (Wildman–Crippen MR) is 119 cm³/mol. The lowest BCUT2D eigenvalue weighted by Gasteiger charge is -2.12. The van der Waals surface area contributed by atoms with Crippen molar-refractivity contribution in [3.8, 4) is 0 Å². The Balaban J connectivity index is 1.49. The lowest BCUT2D eigenvalue weighted by molar-refractivity contribution is 0.0962. The van der Waals surface area contributed by atoms with Gasteiger partial charge in [-0.2, -0.15) is 0 Å². The number of halogens is 1. The van der Waals surface area contributed by atoms with Crippen molar-refractivity contribution in [1.82, 2.24) is 20.4 Å². The number of aryl methyl sites for hydroxylation is 1. The van der Waals surface area contributed by atoms with Gasteiger partial charge in [-0.3, -0.25) is 15.6 Å². The molecule has 0 unspecified atom stereocenters. The van der Waals surface area contributed by atoms with E-state index in [1.807, 2.05) is 19.1 Å². The molecule has 10 heteroatoms. The molecule has 146 valence electrons. The van der Waals surface area contributed by atoms with Crippen molar-refractivity contribution in [3.63, 3.8) is 0 Å². The molecule has 8 nitrogen and oxygen atoms in total. The van der Waals surface area contributed by atoms with Crippen LogP contribution in [0.2, 0.25) is 0 Å². The van der Waals surface area contributed by atoms with Crippen molar-refractivity contribution in [1.29, 1.82) is 0 Å². The van der Waals surface area contributed by atoms with Crippen LogP contribution in [0.5, 0.6) is 0 Å². The molecule has 0 fully saturated rings. The second kappa shape index (κ2) is 8.02. The molecule has 0 aliphatic carbocycles. The lowest BCUT2D eigenvalue weighted by Crippen LogP contribution is -2.30. The highest BCUT2D eigenvalue weighted by atomic mass is 79.9. The number of carbonyl (C=O) groups excluding carboxylic acids is 1. The summed E-state index contributed by atoms with van der Waals surface area (Å²) in [5.74, 6) is 0.368. The maximum atomic E-state index is 12.2. The molecule has 2 aromatic carbocycles. The van der Waals surface area contributed by atoms with Crippen molar-refractivity contribution in [2.45, 2.75) is 6.92 Å². The van der Waals surface area contributed by atoms with Gasteiger partial charge in [-0.15, -0.1) is 0 Å². The Labute approximate surface area is 178 Å². The van der Waals surface area contributed by atoms with Crippen molar-refractivity contribution in [3.05, 3.63) is 64.4 Å². The first-order valence-electron chi connectivity index (χ1n) is 8.56. The standard InChI is InChI=1S/C19H16BrN7OS/c1-10-2-7-13-14(8-10)29-19(24-13)25-16-15(21)17(23-9-22-16)26-27-18(28)11-3-5-12(20)6-4-11/h2-9H,21H2,1H3,(H,27,28)(H2,22,23,24,25,26). The number of nitrogens with zero attached hydrogens (tertiary/aromatic N) is 3. The third-order valence-corrected chi connectivity index (χ3v) is 5.52. The molecule has 2 aromatic heterocycles. The number of thiazole rings is 1. The molecule has 0 spiro atoms. The number of fused-ring (bicyclic) bond motifs is 1. The van der Waals surface area contributed by atoms with E-state index in [9.17, 15) is 4.79 Å². The summed E-state index contributed by atoms with van der Waals surface area (Å²) in [6.45, 7) is 2.04. The molecular weight excluding hydrogens is 454 g/mol. The molecule has 1 amide bonds. The third kappa shape index (κ3) is 4.28. The molecule has 0 aliphatic rings. The van der Waals surface area contributed by atoms with Crippen LogP contribution in [-0.4, -0.2) is 20.9 Å². The molecule has 0 atom stereocenters. The summed E-state index contributed by atoms with van der Waals surface area (Å²) in [5, 5.41) is 3.79. The molecule has 0 bridgehead atoms. The summed E-state index contributed by atoms with van der Waals surface area (Å²) in [7, 11) is 0. The Bertz CT molecular complexity index is 1190. The number of nitrogen functional groups attached to an aromatic ring is 1. The maximum Gasteiger partial charge on any atom is 0.269 e. The number of aromatic nitrogens is 3. The fraction of sp³-hybridized carbons (Fsp3) is 0.0526. The minimum atomic E-state index is -0.313. The Morgan fingerprint density at radius 3 is 2.66 bits per heavy atom. The predicted octanol–water partition coefficient (Wildman–Crippen LogP) is 4.24. The van der Waals surface area contributed by atoms with Crippen LogP contribution in [0.15, 0.2) is 53.3 Å². The van der Waals surface area contributed by atoms with Crippen LogP contribution in [0.4, 0.5) is 22.5 Å². The number of rotatable bonds is 5. The first-order valence-corrected chi connectivity index (χ1v) is 10.2. The van der Waals surface area contributed by atoms with Crippen LogP contribution in [0.1, 0.15) is 15.9 Å². The van der Waals surface area contributed by atoms with Gasteiger partial charge in [-0.05, 0) is 48.9 Å². The first-order chi connectivity index (χ1) is 14.0. The van der Waals surface area contributed by atoms with Crippen molar-refractivity contribution >= 4 is 65.8 Å². The number of nitrogens with two attached hydrogens (primary N) is 1. The van der Waals surface area contributed by atoms with Gasteiger partial charge in [0.15, 0.2) is 16.8 Å². The van der Waals surface area contributed by atoms with Crippen LogP contribution >= 0.6 is 27.3 Å². The molecule has 0 saturated carbocycles. The van der Waals surface area contributed by atoms with Gasteiger partial charge < -0.3 is 11.1 Å². The summed E-state index contributed by atoms with van der Waals surface area (Å²) >= 11 is 4.84. The molecule has 0 radical (unpaired) electrons. The van der Waals surface area contributed by atoms with E-state index in [4.69, 9.17) is 5.73 Å². The smallest absolute Gasteiger partial charge is 0.269 e. The molecule has 5 N–H and O–H groups in total. The summed E-state index contributed by atoms with van der Waals surface area (Å²) < 4.78 is 1.96. The van der Waals surface area contributed by atoms with E-state index in [0.29, 0.717) is 16.5 Å². The van der Waals surface area contributed by atoms with E-state index >= 15 is 0 Å². The summed E-state index contributed by atoms with van der Waals surface area (Å²) in [5.41, 5.74) is 14.3. The van der Waals surface area contributed by atoms with E-state index in [0.717, 1.165) is 14.7 Å². The third-order valence-electron chi connectivity index (χ3n) is 4.05. The van der Waals surface area contributed by atoms with Gasteiger partial charge in [-0.25, -0.2) is 15.0 Å². The van der Waals surface area contributed by atoms with E-state index < -0.39 is 0 Å². The quantitative estimate of drug-likeness (QED) is 0.322. The van der Waals surface area contributed by atoms with E-state index in [1.165, 1.54) is 23.2 Å². The monoisotopic (exact) mass is 469 g/mol. The Morgan fingerprint density at radius 1 is 1.10 bits per heavy atom. The van der Waals surface area contributed by atoms with Crippen LogP contribution in [0.25, 0.3) is 10.2 Å². The number of carbonyl (C=O) groups is 1. The SMILES string of the molecule is Cc1ccc2nc(Nc3ncnc(NNC(=O)c4ccc(Br)cc4)c3N)sc2c1. The van der Waals surface area contributed by atoms with E-state index in [-0.39, 0.29) is 17.4 Å². The average Bonchev–Trinajstić information content (AvgIpc) is 3.10. The normalized spacial score (nSPS) is 10.7. The lowest BCUT2D eigenvalue weighted by atomic mass is 10.2. The highest BCUT2D eigenvalue weighted by Gasteiger charge is 2.12. The zero-order valence-electron chi connectivity index (χ0n) is 15.2. The summed E-state index contributed by atoms with van der Waals surface area (Å²) in [4.78, 5) is 25.1. The summed E-state index contributed by atoms with van der Waals surface area (Å²) in [6, 6.07) is 13.0. The number of nitrogens with one attached hydrogen (secondary N) is 3. The van der Waals surface area contributed by atoms with Crippen molar-refractivity contribution in [2.75, 3.05) is 16.5 Å². The molecule has 29 heavy (non-hydrogen) atoms. The maximum absolute atomic E-state index is 12.2. The average molecular weight is 470 g/mol. The van der Waals surface area contributed by atoms with Crippen LogP contribution in [-0.2, 0) is 0 Å². The molecule has 2 heterocycles. The second-order valence-corrected chi connectivity index (χ2v) is 8.13. The number of hydrazine groups is 1. The number of benzene rings is 2. The fourth-order valence-electron chi connectivity index (χ4n) is 2.57. The topological polar surface area (TPSA) is 118 Å². The van der Waals surface area contributed by atoms with E-state index in [1.54, 1.807) is 24.3 Å². The van der Waals surface area contributed by atoms with Crippen LogP contribution in [0, 0.1) is 6.92 Å². The molecule has 4 aromatic rings. The van der Waals surface area contributed by atoms with E-state index in [2.05, 4.69) is 53.1 Å². The van der Waals surface area contributed by atoms with Crippen molar-refractivity contribution < 1.29 is 4.79 Å². The van der Waals surface area contributed by atoms with Gasteiger partial charge in [0.1, 0.15) is 12.0 Å². The highest BCUT2D eigenvalue weighted by Crippen LogP contribution is 2.31. The Kier molecular flexibility index (Phi) is 5.28. The highest BCUT2D eigenvalue weighted by molar-refractivity contribution is 9.10. The van der Waals surface area contributed by atoms with Gasteiger partial charge in [-0.1, -0.05) is 33.3 Å². The molecule has 0 aliphatic heterocycles.